The highest BCUT2D eigenvalue weighted by molar-refractivity contribution is 5.14. The van der Waals surface area contributed by atoms with Crippen LogP contribution in [-0.4, -0.2) is 31.1 Å². The van der Waals surface area contributed by atoms with Crippen molar-refractivity contribution in [3.8, 4) is 0 Å². The van der Waals surface area contributed by atoms with Crippen LogP contribution in [0.5, 0.6) is 0 Å². The highest BCUT2D eigenvalue weighted by Crippen LogP contribution is 2.33. The summed E-state index contributed by atoms with van der Waals surface area (Å²) in [5.74, 6) is 1.60. The molecule has 2 N–H and O–H groups in total. The third kappa shape index (κ3) is 4.07. The van der Waals surface area contributed by atoms with Crippen molar-refractivity contribution in [3.63, 3.8) is 0 Å². The molecule has 3 atom stereocenters. The van der Waals surface area contributed by atoms with E-state index in [1.54, 1.807) is 0 Å². The fourth-order valence-electron chi connectivity index (χ4n) is 3.60. The van der Waals surface area contributed by atoms with E-state index >= 15 is 0 Å². The van der Waals surface area contributed by atoms with Gasteiger partial charge in [-0.2, -0.15) is 0 Å². The minimum Gasteiger partial charge on any atom is -0.330 e. The van der Waals surface area contributed by atoms with E-state index in [0.29, 0.717) is 12.0 Å². The van der Waals surface area contributed by atoms with Crippen molar-refractivity contribution >= 4 is 0 Å². The molecule has 3 unspecified atom stereocenters. The molecule has 0 heterocycles. The summed E-state index contributed by atoms with van der Waals surface area (Å²) in [5, 5.41) is 0. The maximum Gasteiger partial charge on any atom is 0.0135 e. The molecule has 0 aromatic heterocycles. The van der Waals surface area contributed by atoms with Gasteiger partial charge in [-0.15, -0.1) is 0 Å². The number of nitrogens with zero attached hydrogens (tertiary/aromatic N) is 1. The van der Waals surface area contributed by atoms with Gasteiger partial charge in [-0.25, -0.2) is 0 Å². The van der Waals surface area contributed by atoms with Crippen LogP contribution in [0.25, 0.3) is 0 Å². The molecule has 1 aromatic carbocycles. The second kappa shape index (κ2) is 7.80. The largest absolute Gasteiger partial charge is 0.330 e. The highest BCUT2D eigenvalue weighted by Gasteiger charge is 2.31. The van der Waals surface area contributed by atoms with Gasteiger partial charge >= 0.3 is 0 Å². The van der Waals surface area contributed by atoms with E-state index in [1.165, 1.54) is 31.2 Å². The fraction of sp³-hybridized carbons (Fsp3) is 0.667. The van der Waals surface area contributed by atoms with Gasteiger partial charge in [0.15, 0.2) is 0 Å². The van der Waals surface area contributed by atoms with Crippen LogP contribution >= 0.6 is 0 Å². The van der Waals surface area contributed by atoms with E-state index in [1.807, 2.05) is 0 Å². The molecule has 0 saturated heterocycles. The van der Waals surface area contributed by atoms with Gasteiger partial charge in [0.25, 0.3) is 0 Å². The Hall–Kier alpha value is -0.860. The molecule has 0 amide bonds. The summed E-state index contributed by atoms with van der Waals surface area (Å²) in [7, 11) is 2.29. The lowest BCUT2D eigenvalue weighted by Crippen LogP contribution is -2.45. The monoisotopic (exact) mass is 274 g/mol. The van der Waals surface area contributed by atoms with Gasteiger partial charge < -0.3 is 10.6 Å². The zero-order valence-corrected chi connectivity index (χ0v) is 13.1. The van der Waals surface area contributed by atoms with Crippen LogP contribution in [-0.2, 0) is 6.42 Å². The Balaban J connectivity index is 1.90. The molecule has 2 heteroatoms. The van der Waals surface area contributed by atoms with Gasteiger partial charge in [-0.3, -0.25) is 0 Å². The Morgan fingerprint density at radius 3 is 2.60 bits per heavy atom. The van der Waals surface area contributed by atoms with Crippen LogP contribution in [0.4, 0.5) is 0 Å². The fourth-order valence-corrected chi connectivity index (χ4v) is 3.60. The van der Waals surface area contributed by atoms with Crippen molar-refractivity contribution < 1.29 is 0 Å². The smallest absolute Gasteiger partial charge is 0.0135 e. The number of benzene rings is 1. The van der Waals surface area contributed by atoms with Crippen LogP contribution in [0.1, 0.15) is 38.2 Å². The molecular weight excluding hydrogens is 244 g/mol. The van der Waals surface area contributed by atoms with Crippen molar-refractivity contribution in [2.75, 3.05) is 20.1 Å². The van der Waals surface area contributed by atoms with Crippen LogP contribution in [0, 0.1) is 11.8 Å². The Morgan fingerprint density at radius 1 is 1.20 bits per heavy atom. The van der Waals surface area contributed by atoms with Crippen LogP contribution < -0.4 is 5.73 Å². The second-order valence-corrected chi connectivity index (χ2v) is 6.37. The molecule has 2 nitrogen and oxygen atoms in total. The van der Waals surface area contributed by atoms with Crippen molar-refractivity contribution in [1.82, 2.24) is 4.90 Å². The Bertz CT molecular complexity index is 376. The molecule has 0 spiro atoms. The number of rotatable bonds is 6. The quantitative estimate of drug-likeness (QED) is 0.862. The minimum absolute atomic E-state index is 0.683. The summed E-state index contributed by atoms with van der Waals surface area (Å²) in [6.07, 6.45) is 6.49. The van der Waals surface area contributed by atoms with Gasteiger partial charge in [-0.05, 0) is 50.3 Å². The van der Waals surface area contributed by atoms with Crippen molar-refractivity contribution in [3.05, 3.63) is 35.9 Å². The third-order valence-electron chi connectivity index (χ3n) is 5.11. The second-order valence-electron chi connectivity index (χ2n) is 6.37. The molecule has 112 valence electrons. The van der Waals surface area contributed by atoms with E-state index in [4.69, 9.17) is 5.73 Å². The summed E-state index contributed by atoms with van der Waals surface area (Å²) in [6.45, 7) is 4.31. The van der Waals surface area contributed by atoms with E-state index in [0.717, 1.165) is 25.4 Å². The van der Waals surface area contributed by atoms with E-state index in [-0.39, 0.29) is 0 Å². The molecule has 0 bridgehead atoms. The van der Waals surface area contributed by atoms with Gasteiger partial charge in [0, 0.05) is 12.6 Å². The molecule has 20 heavy (non-hydrogen) atoms. The summed E-state index contributed by atoms with van der Waals surface area (Å²) >= 11 is 0. The Morgan fingerprint density at radius 2 is 1.95 bits per heavy atom. The zero-order chi connectivity index (χ0) is 14.4. The topological polar surface area (TPSA) is 29.3 Å². The normalized spacial score (nSPS) is 26.9. The molecule has 1 aliphatic rings. The average molecular weight is 274 g/mol. The lowest BCUT2D eigenvalue weighted by atomic mass is 9.76. The number of hydrogen-bond acceptors (Lipinski definition) is 2. The van der Waals surface area contributed by atoms with E-state index in [2.05, 4.69) is 49.2 Å². The van der Waals surface area contributed by atoms with Crippen molar-refractivity contribution in [2.24, 2.45) is 17.6 Å². The molecular formula is C18H30N2. The number of hydrogen-bond donors (Lipinski definition) is 1. The SMILES string of the molecule is CCC1CCC(CN)C(N(C)CCc2ccccc2)C1. The van der Waals surface area contributed by atoms with Crippen LogP contribution in [0.2, 0.25) is 0 Å². The van der Waals surface area contributed by atoms with Crippen LogP contribution in [0.15, 0.2) is 30.3 Å². The number of likely N-dealkylation sites (N-methyl/N-ethyl adjacent to an activating group) is 1. The van der Waals surface area contributed by atoms with Gasteiger partial charge in [0.2, 0.25) is 0 Å². The lowest BCUT2D eigenvalue weighted by Gasteiger charge is -2.41. The van der Waals surface area contributed by atoms with Crippen molar-refractivity contribution in [2.45, 2.75) is 45.1 Å². The first-order chi connectivity index (χ1) is 9.74. The van der Waals surface area contributed by atoms with Gasteiger partial charge in [0.1, 0.15) is 0 Å². The molecule has 2 rings (SSSR count). The highest BCUT2D eigenvalue weighted by atomic mass is 15.1. The lowest BCUT2D eigenvalue weighted by molar-refractivity contribution is 0.103. The third-order valence-corrected chi connectivity index (χ3v) is 5.11. The molecule has 1 fully saturated rings. The predicted octanol–water partition coefficient (Wildman–Crippen LogP) is 3.31. The minimum atomic E-state index is 0.683. The van der Waals surface area contributed by atoms with E-state index in [9.17, 15) is 0 Å². The summed E-state index contributed by atoms with van der Waals surface area (Å²) in [5.41, 5.74) is 7.44. The first-order valence-electron chi connectivity index (χ1n) is 8.18. The Labute approximate surface area is 124 Å². The van der Waals surface area contributed by atoms with Gasteiger partial charge in [-0.1, -0.05) is 50.1 Å². The zero-order valence-electron chi connectivity index (χ0n) is 13.1. The maximum atomic E-state index is 6.00. The number of nitrogens with two attached hydrogens (primary N) is 1. The van der Waals surface area contributed by atoms with Crippen LogP contribution in [0.3, 0.4) is 0 Å². The standard InChI is InChI=1S/C18H30N2/c1-3-15-9-10-17(14-19)18(13-15)20(2)12-11-16-7-5-4-6-8-16/h4-8,15,17-18H,3,9-14,19H2,1-2H3. The molecule has 0 radical (unpaired) electrons. The predicted molar refractivity (Wildman–Crippen MR) is 86.7 cm³/mol. The maximum absolute atomic E-state index is 6.00. The summed E-state index contributed by atoms with van der Waals surface area (Å²) in [6, 6.07) is 11.5. The first-order valence-corrected chi connectivity index (χ1v) is 8.18. The molecule has 1 aromatic rings. The summed E-state index contributed by atoms with van der Waals surface area (Å²) in [4.78, 5) is 2.56. The first kappa shape index (κ1) is 15.5. The van der Waals surface area contributed by atoms with Gasteiger partial charge in [0.05, 0.1) is 0 Å². The molecule has 1 aliphatic carbocycles. The Kier molecular flexibility index (Phi) is 6.06. The molecule has 0 aliphatic heterocycles. The molecule has 1 saturated carbocycles. The van der Waals surface area contributed by atoms with E-state index < -0.39 is 0 Å². The summed E-state index contributed by atoms with van der Waals surface area (Å²) < 4.78 is 0. The van der Waals surface area contributed by atoms with Crippen molar-refractivity contribution in [1.29, 1.82) is 0 Å². The average Bonchev–Trinajstić information content (AvgIpc) is 2.52.